The normalized spacial score (nSPS) is 19.6. The number of rotatable bonds is 5. The molecule has 0 aromatic carbocycles. The molecule has 2 N–H and O–H groups in total. The minimum absolute atomic E-state index is 0.154. The lowest BCUT2D eigenvalue weighted by atomic mass is 10.1. The second kappa shape index (κ2) is 7.12. The Morgan fingerprint density at radius 3 is 2.60 bits per heavy atom. The molecule has 3 amide bonds. The largest absolute Gasteiger partial charge is 0.481 e. The van der Waals surface area contributed by atoms with Crippen molar-refractivity contribution in [2.24, 2.45) is 5.92 Å². The Hall–Kier alpha value is -1.79. The van der Waals surface area contributed by atoms with Gasteiger partial charge < -0.3 is 20.2 Å². The molecule has 1 fully saturated rings. The van der Waals surface area contributed by atoms with Gasteiger partial charge in [-0.2, -0.15) is 0 Å². The summed E-state index contributed by atoms with van der Waals surface area (Å²) in [6, 6.07) is -0.701. The van der Waals surface area contributed by atoms with E-state index in [1.807, 2.05) is 0 Å². The molecule has 0 aromatic heterocycles. The van der Waals surface area contributed by atoms with E-state index in [1.54, 1.807) is 20.9 Å². The number of hydrogen-bond donors (Lipinski definition) is 2. The molecular formula is C13H23N3O4. The lowest BCUT2D eigenvalue weighted by Crippen LogP contribution is -2.51. The number of carbonyl (C=O) groups is 3. The molecule has 1 saturated heterocycles. The number of nitrogens with zero attached hydrogens (tertiary/aromatic N) is 2. The van der Waals surface area contributed by atoms with Crippen molar-refractivity contribution in [2.45, 2.75) is 32.7 Å². The van der Waals surface area contributed by atoms with Crippen molar-refractivity contribution in [3.8, 4) is 0 Å². The van der Waals surface area contributed by atoms with Crippen LogP contribution < -0.4 is 5.32 Å². The molecule has 0 bridgehead atoms. The summed E-state index contributed by atoms with van der Waals surface area (Å²) in [4.78, 5) is 38.1. The molecule has 2 atom stereocenters. The second-order valence-corrected chi connectivity index (χ2v) is 5.03. The summed E-state index contributed by atoms with van der Waals surface area (Å²) in [5.41, 5.74) is 0. The fourth-order valence-electron chi connectivity index (χ4n) is 2.37. The summed E-state index contributed by atoms with van der Waals surface area (Å²) in [5.74, 6) is -1.72. The first-order valence-corrected chi connectivity index (χ1v) is 6.92. The van der Waals surface area contributed by atoms with E-state index >= 15 is 0 Å². The number of carboxylic acid groups (broad SMARTS) is 1. The third-order valence-electron chi connectivity index (χ3n) is 3.62. The third kappa shape index (κ3) is 3.61. The van der Waals surface area contributed by atoms with Gasteiger partial charge in [-0.05, 0) is 19.8 Å². The Morgan fingerprint density at radius 1 is 1.45 bits per heavy atom. The summed E-state index contributed by atoms with van der Waals surface area (Å²) in [6.45, 7) is 4.49. The van der Waals surface area contributed by atoms with Crippen molar-refractivity contribution in [3.05, 3.63) is 0 Å². The SMILES string of the molecule is CCN(CC(C)C(=O)O)C(=O)N1CCCC1C(=O)NC. The van der Waals surface area contributed by atoms with Gasteiger partial charge in [-0.1, -0.05) is 6.92 Å². The summed E-state index contributed by atoms with van der Waals surface area (Å²) in [7, 11) is 1.55. The highest BCUT2D eigenvalue weighted by molar-refractivity contribution is 5.87. The maximum Gasteiger partial charge on any atom is 0.320 e. The number of likely N-dealkylation sites (tertiary alicyclic amines) is 1. The van der Waals surface area contributed by atoms with E-state index < -0.39 is 17.9 Å². The van der Waals surface area contributed by atoms with Gasteiger partial charge in [0.05, 0.1) is 5.92 Å². The topological polar surface area (TPSA) is 90.0 Å². The summed E-state index contributed by atoms with van der Waals surface area (Å²) in [6.07, 6.45) is 1.44. The van der Waals surface area contributed by atoms with Crippen LogP contribution in [-0.2, 0) is 9.59 Å². The minimum Gasteiger partial charge on any atom is -0.481 e. The molecule has 0 aliphatic carbocycles. The number of hydrogen-bond acceptors (Lipinski definition) is 3. The van der Waals surface area contributed by atoms with Crippen LogP contribution in [0.15, 0.2) is 0 Å². The zero-order chi connectivity index (χ0) is 15.3. The van der Waals surface area contributed by atoms with Gasteiger partial charge in [0.1, 0.15) is 6.04 Å². The number of aliphatic carboxylic acids is 1. The maximum absolute atomic E-state index is 12.4. The predicted molar refractivity (Wildman–Crippen MR) is 73.2 cm³/mol. The average molecular weight is 285 g/mol. The highest BCUT2D eigenvalue weighted by atomic mass is 16.4. The number of nitrogens with one attached hydrogen (secondary N) is 1. The van der Waals surface area contributed by atoms with Crippen LogP contribution in [0.25, 0.3) is 0 Å². The van der Waals surface area contributed by atoms with E-state index in [4.69, 9.17) is 5.11 Å². The molecule has 114 valence electrons. The van der Waals surface area contributed by atoms with Crippen LogP contribution in [-0.4, -0.2) is 65.5 Å². The molecule has 0 aromatic rings. The molecule has 1 rings (SSSR count). The Balaban J connectivity index is 2.75. The molecule has 7 heteroatoms. The number of urea groups is 1. The van der Waals surface area contributed by atoms with Gasteiger partial charge in [0.25, 0.3) is 0 Å². The van der Waals surface area contributed by atoms with Crippen LogP contribution in [0.1, 0.15) is 26.7 Å². The van der Waals surface area contributed by atoms with E-state index in [0.717, 1.165) is 6.42 Å². The van der Waals surface area contributed by atoms with Crippen molar-refractivity contribution in [1.82, 2.24) is 15.1 Å². The fraction of sp³-hybridized carbons (Fsp3) is 0.769. The van der Waals surface area contributed by atoms with Gasteiger partial charge in [0.15, 0.2) is 0 Å². The van der Waals surface area contributed by atoms with Gasteiger partial charge in [-0.25, -0.2) is 4.79 Å². The van der Waals surface area contributed by atoms with E-state index in [2.05, 4.69) is 5.32 Å². The third-order valence-corrected chi connectivity index (χ3v) is 3.62. The first kappa shape index (κ1) is 16.3. The highest BCUT2D eigenvalue weighted by Gasteiger charge is 2.36. The summed E-state index contributed by atoms with van der Waals surface area (Å²) >= 11 is 0. The van der Waals surface area contributed by atoms with Gasteiger partial charge >= 0.3 is 12.0 Å². The Bertz CT molecular complexity index is 386. The zero-order valence-electron chi connectivity index (χ0n) is 12.3. The molecule has 7 nitrogen and oxygen atoms in total. The Labute approximate surface area is 118 Å². The van der Waals surface area contributed by atoms with E-state index in [0.29, 0.717) is 19.5 Å². The van der Waals surface area contributed by atoms with Crippen molar-refractivity contribution in [3.63, 3.8) is 0 Å². The lowest BCUT2D eigenvalue weighted by molar-refractivity contribution is -0.141. The smallest absolute Gasteiger partial charge is 0.320 e. The molecule has 20 heavy (non-hydrogen) atoms. The zero-order valence-corrected chi connectivity index (χ0v) is 12.3. The fourth-order valence-corrected chi connectivity index (χ4v) is 2.37. The monoisotopic (exact) mass is 285 g/mol. The van der Waals surface area contributed by atoms with Crippen LogP contribution >= 0.6 is 0 Å². The van der Waals surface area contributed by atoms with E-state index in [-0.39, 0.29) is 18.5 Å². The summed E-state index contributed by atoms with van der Waals surface area (Å²) < 4.78 is 0. The van der Waals surface area contributed by atoms with Crippen molar-refractivity contribution in [1.29, 1.82) is 0 Å². The number of carboxylic acids is 1. The molecule has 0 spiro atoms. The van der Waals surface area contributed by atoms with Crippen LogP contribution in [0.3, 0.4) is 0 Å². The van der Waals surface area contributed by atoms with E-state index in [1.165, 1.54) is 9.80 Å². The first-order chi connectivity index (χ1) is 9.42. The van der Waals surface area contributed by atoms with Gasteiger partial charge in [-0.15, -0.1) is 0 Å². The van der Waals surface area contributed by atoms with Crippen molar-refractivity contribution >= 4 is 17.9 Å². The van der Waals surface area contributed by atoms with Crippen LogP contribution in [0.2, 0.25) is 0 Å². The van der Waals surface area contributed by atoms with Crippen LogP contribution in [0.4, 0.5) is 4.79 Å². The van der Waals surface area contributed by atoms with Gasteiger partial charge in [-0.3, -0.25) is 9.59 Å². The average Bonchev–Trinajstić information content (AvgIpc) is 2.91. The van der Waals surface area contributed by atoms with Gasteiger partial charge in [0.2, 0.25) is 5.91 Å². The van der Waals surface area contributed by atoms with Crippen LogP contribution in [0, 0.1) is 5.92 Å². The molecule has 1 aliphatic heterocycles. The van der Waals surface area contributed by atoms with Crippen LogP contribution in [0.5, 0.6) is 0 Å². The molecule has 1 aliphatic rings. The first-order valence-electron chi connectivity index (χ1n) is 6.92. The van der Waals surface area contributed by atoms with Crippen molar-refractivity contribution in [2.75, 3.05) is 26.7 Å². The van der Waals surface area contributed by atoms with Gasteiger partial charge in [0, 0.05) is 26.7 Å². The molecule has 0 radical (unpaired) electrons. The maximum atomic E-state index is 12.4. The van der Waals surface area contributed by atoms with Crippen molar-refractivity contribution < 1.29 is 19.5 Å². The second-order valence-electron chi connectivity index (χ2n) is 5.03. The molecule has 1 heterocycles. The minimum atomic E-state index is -0.930. The number of carbonyl (C=O) groups excluding carboxylic acids is 2. The summed E-state index contributed by atoms with van der Waals surface area (Å²) in [5, 5.41) is 11.5. The quantitative estimate of drug-likeness (QED) is 0.763. The molecular weight excluding hydrogens is 262 g/mol. The number of amides is 3. The van der Waals surface area contributed by atoms with E-state index in [9.17, 15) is 14.4 Å². The molecule has 2 unspecified atom stereocenters. The number of likely N-dealkylation sites (N-methyl/N-ethyl adjacent to an activating group) is 1. The predicted octanol–water partition coefficient (Wildman–Crippen LogP) is 0.359. The highest BCUT2D eigenvalue weighted by Crippen LogP contribution is 2.19. The Kier molecular flexibility index (Phi) is 5.79. The Morgan fingerprint density at radius 2 is 2.10 bits per heavy atom. The lowest BCUT2D eigenvalue weighted by Gasteiger charge is -2.31. The standard InChI is InChI=1S/C13H23N3O4/c1-4-15(8-9(2)12(18)19)13(20)16-7-5-6-10(16)11(17)14-3/h9-10H,4-8H2,1-3H3,(H,14,17)(H,18,19). The molecule has 0 saturated carbocycles.